The van der Waals surface area contributed by atoms with Gasteiger partial charge in [0, 0.05) is 43.3 Å². The standard InChI is InChI=1S/C34H40ClFN8O3S/c1-6-21-23(36)11-10-20-15-24-22(16-37-44(24)25-9-7-8-13-47-25)29(27(20)21)41-40-19(2)26-28-31(42(4)30(26)35)38-33(48-5)39-32(28)43-12-14-46-18-34(3,45)17-43/h10-11,16,25,45H,6-9,12-15,17-18H2,1-5H3/b40-19+,41-29+/t25?,34-/m0/s1. The van der Waals surface area contributed by atoms with Gasteiger partial charge in [0.1, 0.15) is 40.0 Å². The first-order valence-electron chi connectivity index (χ1n) is 16.4. The minimum atomic E-state index is -1.08. The van der Waals surface area contributed by atoms with Crippen LogP contribution in [-0.2, 0) is 29.4 Å². The van der Waals surface area contributed by atoms with Crippen LogP contribution in [0.2, 0.25) is 5.15 Å². The Morgan fingerprint density at radius 3 is 2.83 bits per heavy atom. The van der Waals surface area contributed by atoms with Crippen LogP contribution in [-0.4, -0.2) is 85.6 Å². The SMILES string of the molecule is CCc1c(F)ccc2c1/C(=N/N=C(\C)c1c(Cl)n(C)c3nc(SC)nc(N4CCOC[C@@](C)(O)C4)c13)c1cnn(C3CCCCO3)c1C2. The van der Waals surface area contributed by atoms with E-state index in [2.05, 4.69) is 0 Å². The highest BCUT2D eigenvalue weighted by Crippen LogP contribution is 2.38. The number of rotatable bonds is 6. The summed E-state index contributed by atoms with van der Waals surface area (Å²) in [4.78, 5) is 11.8. The highest BCUT2D eigenvalue weighted by molar-refractivity contribution is 7.98. The minimum Gasteiger partial charge on any atom is -0.386 e. The van der Waals surface area contributed by atoms with Crippen molar-refractivity contribution in [3.05, 3.63) is 62.8 Å². The number of benzene rings is 1. The Morgan fingerprint density at radius 2 is 2.08 bits per heavy atom. The lowest BCUT2D eigenvalue weighted by Gasteiger charge is -2.29. The molecule has 4 aromatic rings. The van der Waals surface area contributed by atoms with Crippen LogP contribution in [0.5, 0.6) is 0 Å². The number of β-amino-alcohol motifs (C(OH)–C–C–N with tert-alkyl or cyclic N) is 1. The second-order valence-corrected chi connectivity index (χ2v) is 14.1. The highest BCUT2D eigenvalue weighted by atomic mass is 35.5. The van der Waals surface area contributed by atoms with E-state index < -0.39 is 5.60 Å². The van der Waals surface area contributed by atoms with Gasteiger partial charge in [-0.1, -0.05) is 36.4 Å². The fraction of sp³-hybridized carbons (Fsp3) is 0.500. The molecule has 0 amide bonds. The molecule has 0 radical (unpaired) electrons. The molecule has 1 aromatic carbocycles. The molecule has 2 saturated heterocycles. The van der Waals surface area contributed by atoms with Crippen molar-refractivity contribution in [2.24, 2.45) is 17.3 Å². The summed E-state index contributed by atoms with van der Waals surface area (Å²) in [5.41, 5.74) is 5.46. The molecule has 7 rings (SSSR count). The van der Waals surface area contributed by atoms with Gasteiger partial charge >= 0.3 is 0 Å². The molecule has 11 nitrogen and oxygen atoms in total. The highest BCUT2D eigenvalue weighted by Gasteiger charge is 2.34. The van der Waals surface area contributed by atoms with Gasteiger partial charge in [-0.3, -0.25) is 0 Å². The molecule has 2 fully saturated rings. The third kappa shape index (κ3) is 5.83. The van der Waals surface area contributed by atoms with Gasteiger partial charge in [0.25, 0.3) is 0 Å². The van der Waals surface area contributed by atoms with Crippen molar-refractivity contribution >= 4 is 51.6 Å². The predicted molar refractivity (Wildman–Crippen MR) is 186 cm³/mol. The smallest absolute Gasteiger partial charge is 0.191 e. The quantitative estimate of drug-likeness (QED) is 0.104. The third-order valence-corrected chi connectivity index (χ3v) is 10.4. The summed E-state index contributed by atoms with van der Waals surface area (Å²) in [6.07, 6.45) is 7.67. The van der Waals surface area contributed by atoms with Crippen LogP contribution in [0.3, 0.4) is 0 Å². The number of hydrogen-bond acceptors (Lipinski definition) is 10. The first-order chi connectivity index (χ1) is 23.1. The van der Waals surface area contributed by atoms with Gasteiger partial charge in [-0.2, -0.15) is 10.2 Å². The van der Waals surface area contributed by atoms with E-state index in [-0.39, 0.29) is 18.7 Å². The molecule has 3 aliphatic rings. The van der Waals surface area contributed by atoms with Crippen LogP contribution in [0.1, 0.15) is 79.8 Å². The van der Waals surface area contributed by atoms with Crippen molar-refractivity contribution in [3.63, 3.8) is 0 Å². The second-order valence-electron chi connectivity index (χ2n) is 12.9. The molecule has 2 aliphatic heterocycles. The van der Waals surface area contributed by atoms with Crippen LogP contribution in [0.4, 0.5) is 10.2 Å². The molecular formula is C34H40ClFN8O3S. The summed E-state index contributed by atoms with van der Waals surface area (Å²) in [7, 11) is 1.86. The van der Waals surface area contributed by atoms with Gasteiger partial charge in [-0.05, 0) is 63.0 Å². The van der Waals surface area contributed by atoms with Crippen LogP contribution in [0.25, 0.3) is 11.0 Å². The van der Waals surface area contributed by atoms with Crippen LogP contribution in [0, 0.1) is 5.82 Å². The van der Waals surface area contributed by atoms with E-state index in [0.717, 1.165) is 41.6 Å². The molecular weight excluding hydrogens is 655 g/mol. The van der Waals surface area contributed by atoms with Gasteiger partial charge in [-0.25, -0.2) is 19.0 Å². The van der Waals surface area contributed by atoms with Crippen molar-refractivity contribution in [2.45, 2.75) is 69.9 Å². The van der Waals surface area contributed by atoms with Gasteiger partial charge in [0.05, 0.1) is 42.7 Å². The number of thioether (sulfide) groups is 1. The number of aryl methyl sites for hydroxylation is 1. The Bertz CT molecular complexity index is 1950. The molecule has 1 unspecified atom stereocenters. The second kappa shape index (κ2) is 13.2. The van der Waals surface area contributed by atoms with Crippen molar-refractivity contribution in [1.82, 2.24) is 24.3 Å². The van der Waals surface area contributed by atoms with Crippen LogP contribution >= 0.6 is 23.4 Å². The Morgan fingerprint density at radius 1 is 1.25 bits per heavy atom. The van der Waals surface area contributed by atoms with E-state index >= 15 is 4.39 Å². The van der Waals surface area contributed by atoms with Gasteiger partial charge in [0.2, 0.25) is 0 Å². The van der Waals surface area contributed by atoms with Gasteiger partial charge < -0.3 is 24.0 Å². The number of nitrogens with zero attached hydrogens (tertiary/aromatic N) is 8. The first-order valence-corrected chi connectivity index (χ1v) is 18.0. The topological polar surface area (TPSA) is 115 Å². The Kier molecular flexibility index (Phi) is 9.09. The van der Waals surface area contributed by atoms with E-state index in [1.54, 1.807) is 13.1 Å². The lowest BCUT2D eigenvalue weighted by Crippen LogP contribution is -2.42. The molecule has 0 bridgehead atoms. The van der Waals surface area contributed by atoms with Crippen LogP contribution < -0.4 is 4.90 Å². The molecule has 254 valence electrons. The van der Waals surface area contributed by atoms with Crippen molar-refractivity contribution in [1.29, 1.82) is 0 Å². The molecule has 1 aliphatic carbocycles. The molecule has 48 heavy (non-hydrogen) atoms. The minimum absolute atomic E-state index is 0.147. The monoisotopic (exact) mass is 694 g/mol. The summed E-state index contributed by atoms with van der Waals surface area (Å²) in [6.45, 7) is 7.76. The van der Waals surface area contributed by atoms with Crippen molar-refractivity contribution in [2.75, 3.05) is 44.1 Å². The van der Waals surface area contributed by atoms with Crippen LogP contribution in [0.15, 0.2) is 33.7 Å². The molecule has 14 heteroatoms. The molecule has 0 spiro atoms. The fourth-order valence-electron chi connectivity index (χ4n) is 7.06. The molecule has 5 heterocycles. The summed E-state index contributed by atoms with van der Waals surface area (Å²) in [6, 6.07) is 3.38. The zero-order valence-corrected chi connectivity index (χ0v) is 29.5. The van der Waals surface area contributed by atoms with Crippen molar-refractivity contribution in [3.8, 4) is 0 Å². The Balaban J connectivity index is 1.40. The van der Waals surface area contributed by atoms with E-state index in [1.165, 1.54) is 17.8 Å². The number of aromatic nitrogens is 5. The average Bonchev–Trinajstić information content (AvgIpc) is 3.55. The first kappa shape index (κ1) is 33.2. The van der Waals surface area contributed by atoms with E-state index in [9.17, 15) is 5.11 Å². The number of anilines is 1. The van der Waals surface area contributed by atoms with E-state index in [4.69, 9.17) is 46.3 Å². The summed E-state index contributed by atoms with van der Waals surface area (Å²) in [5.74, 6) is 0.376. The summed E-state index contributed by atoms with van der Waals surface area (Å²) in [5, 5.41) is 27.2. The molecule has 3 aromatic heterocycles. The number of halogens is 2. The van der Waals surface area contributed by atoms with E-state index in [1.807, 2.05) is 47.4 Å². The average molecular weight is 695 g/mol. The normalized spacial score (nSPS) is 22.7. The molecule has 2 atom stereocenters. The van der Waals surface area contributed by atoms with E-state index in [0.29, 0.717) is 88.9 Å². The number of aliphatic hydroxyl groups is 1. The third-order valence-electron chi connectivity index (χ3n) is 9.39. The predicted octanol–water partition coefficient (Wildman–Crippen LogP) is 5.69. The van der Waals surface area contributed by atoms with Gasteiger partial charge in [0.15, 0.2) is 5.16 Å². The van der Waals surface area contributed by atoms with Crippen molar-refractivity contribution < 1.29 is 19.0 Å². The molecule has 0 saturated carbocycles. The zero-order valence-electron chi connectivity index (χ0n) is 27.9. The largest absolute Gasteiger partial charge is 0.386 e. The number of ether oxygens (including phenoxy) is 2. The lowest BCUT2D eigenvalue weighted by atomic mass is 9.84. The summed E-state index contributed by atoms with van der Waals surface area (Å²) < 4.78 is 30.9. The fourth-order valence-corrected chi connectivity index (χ4v) is 7.73. The Hall–Kier alpha value is -3.36. The summed E-state index contributed by atoms with van der Waals surface area (Å²) >= 11 is 8.49. The lowest BCUT2D eigenvalue weighted by molar-refractivity contribution is -0.0409. The zero-order chi connectivity index (χ0) is 33.7. The Labute approximate surface area is 288 Å². The maximum Gasteiger partial charge on any atom is 0.191 e. The number of fused-ring (bicyclic) bond motifs is 3. The maximum absolute atomic E-state index is 15.3. The van der Waals surface area contributed by atoms with Gasteiger partial charge in [-0.15, -0.1) is 5.10 Å². The maximum atomic E-state index is 15.3. The number of hydrogen-bond donors (Lipinski definition) is 1. The molecule has 1 N–H and O–H groups in total.